The maximum atomic E-state index is 13.1. The van der Waals surface area contributed by atoms with E-state index in [-0.39, 0.29) is 25.7 Å². The highest BCUT2D eigenvalue weighted by Crippen LogP contribution is 2.45. The van der Waals surface area contributed by atoms with Gasteiger partial charge in [-0.2, -0.15) is 0 Å². The van der Waals surface area contributed by atoms with Gasteiger partial charge in [-0.25, -0.2) is 9.13 Å². The molecule has 0 saturated carbocycles. The maximum absolute atomic E-state index is 13.1. The van der Waals surface area contributed by atoms with Crippen LogP contribution in [0.25, 0.3) is 0 Å². The van der Waals surface area contributed by atoms with Gasteiger partial charge in [0.1, 0.15) is 19.3 Å². The van der Waals surface area contributed by atoms with Crippen LogP contribution in [0.2, 0.25) is 0 Å². The summed E-state index contributed by atoms with van der Waals surface area (Å²) in [5.74, 6) is -1.29. The van der Waals surface area contributed by atoms with Crippen LogP contribution in [-0.2, 0) is 65.4 Å². The number of rotatable bonds is 86. The Balaban J connectivity index is 5.22. The van der Waals surface area contributed by atoms with Gasteiger partial charge in [0, 0.05) is 25.7 Å². The standard InChI is InChI=1S/C86H168O17P2/c1-6-9-12-15-18-21-24-26-28-30-32-34-38-43-47-52-57-62-67-72-86(91)103-82(76-97-84(89)70-65-60-55-50-45-41-39-35-36-40-44-48-53-58-63-68-79(4)5)78-101-105(94,95)99-74-80(87)73-98-104(92,93)100-77-81(75-96-83(88)69-64-59-54-49-23-20-17-14-11-8-3)102-85(90)71-66-61-56-51-46-42-37-33-31-29-27-25-22-19-16-13-10-7-2/h79-82,87H,6-78H2,1-5H3,(H,92,93)(H,94,95)/t80-,81+,82+/m0/s1. The first-order valence-electron chi connectivity index (χ1n) is 44.6. The normalized spacial score (nSPS) is 13.8. The molecule has 0 amide bonds. The second-order valence-corrected chi connectivity index (χ2v) is 34.3. The maximum Gasteiger partial charge on any atom is 0.472 e. The third-order valence-corrected chi connectivity index (χ3v) is 22.2. The molecule has 0 saturated heterocycles. The Morgan fingerprint density at radius 3 is 0.648 bits per heavy atom. The van der Waals surface area contributed by atoms with Crippen molar-refractivity contribution in [3.63, 3.8) is 0 Å². The van der Waals surface area contributed by atoms with Crippen LogP contribution < -0.4 is 0 Å². The number of hydrogen-bond acceptors (Lipinski definition) is 15. The Kier molecular flexibility index (Phi) is 77.3. The lowest BCUT2D eigenvalue weighted by Gasteiger charge is -2.21. The summed E-state index contributed by atoms with van der Waals surface area (Å²) in [6.45, 7) is 7.39. The molecule has 0 aromatic heterocycles. The zero-order valence-electron chi connectivity index (χ0n) is 68.9. The Labute approximate surface area is 645 Å². The molecule has 0 aromatic rings. The smallest absolute Gasteiger partial charge is 0.462 e. The number of carbonyl (C=O) groups excluding carboxylic acids is 4. The van der Waals surface area contributed by atoms with E-state index in [2.05, 4.69) is 34.6 Å². The van der Waals surface area contributed by atoms with Crippen LogP contribution in [0.5, 0.6) is 0 Å². The molecule has 3 N–H and O–H groups in total. The van der Waals surface area contributed by atoms with E-state index in [0.717, 1.165) is 95.8 Å². The molecule has 0 radical (unpaired) electrons. The number of phosphoric acid groups is 2. The molecule has 0 bridgehead atoms. The first-order chi connectivity index (χ1) is 51.0. The highest BCUT2D eigenvalue weighted by molar-refractivity contribution is 7.47. The molecule has 0 fully saturated rings. The molecule has 2 unspecified atom stereocenters. The molecular weight excluding hydrogens is 1370 g/mol. The van der Waals surface area contributed by atoms with Crippen LogP contribution in [-0.4, -0.2) is 96.7 Å². The fourth-order valence-corrected chi connectivity index (χ4v) is 15.1. The third-order valence-electron chi connectivity index (χ3n) is 20.3. The average Bonchev–Trinajstić information content (AvgIpc) is 0.916. The lowest BCUT2D eigenvalue weighted by Crippen LogP contribution is -2.30. The largest absolute Gasteiger partial charge is 0.472 e. The van der Waals surface area contributed by atoms with Crippen LogP contribution in [0.4, 0.5) is 0 Å². The van der Waals surface area contributed by atoms with Crippen LogP contribution in [0.15, 0.2) is 0 Å². The minimum absolute atomic E-state index is 0.109. The fourth-order valence-electron chi connectivity index (χ4n) is 13.5. The van der Waals surface area contributed by atoms with Crippen molar-refractivity contribution in [2.75, 3.05) is 39.6 Å². The summed E-state index contributed by atoms with van der Waals surface area (Å²) in [7, 11) is -9.93. The minimum atomic E-state index is -4.96. The highest BCUT2D eigenvalue weighted by atomic mass is 31.2. The second kappa shape index (κ2) is 78.7. The molecule has 624 valence electrons. The van der Waals surface area contributed by atoms with Crippen molar-refractivity contribution in [3.05, 3.63) is 0 Å². The predicted octanol–water partition coefficient (Wildman–Crippen LogP) is 26.4. The summed E-state index contributed by atoms with van der Waals surface area (Å²) >= 11 is 0. The van der Waals surface area contributed by atoms with Gasteiger partial charge >= 0.3 is 39.5 Å². The van der Waals surface area contributed by atoms with Gasteiger partial charge in [0.05, 0.1) is 26.4 Å². The second-order valence-electron chi connectivity index (χ2n) is 31.4. The van der Waals surface area contributed by atoms with E-state index in [1.165, 1.54) is 289 Å². The molecule has 17 nitrogen and oxygen atoms in total. The lowest BCUT2D eigenvalue weighted by molar-refractivity contribution is -0.161. The number of aliphatic hydroxyl groups excluding tert-OH is 1. The van der Waals surface area contributed by atoms with E-state index in [1.807, 2.05) is 0 Å². The van der Waals surface area contributed by atoms with E-state index in [4.69, 9.17) is 37.0 Å². The van der Waals surface area contributed by atoms with Crippen molar-refractivity contribution >= 4 is 39.5 Å². The summed E-state index contributed by atoms with van der Waals surface area (Å²) in [5.41, 5.74) is 0. The number of phosphoric ester groups is 2. The van der Waals surface area contributed by atoms with Gasteiger partial charge in [-0.15, -0.1) is 0 Å². The van der Waals surface area contributed by atoms with Gasteiger partial charge in [0.25, 0.3) is 0 Å². The molecule has 0 aromatic carbocycles. The van der Waals surface area contributed by atoms with Gasteiger partial charge in [0.2, 0.25) is 0 Å². The molecule has 105 heavy (non-hydrogen) atoms. The van der Waals surface area contributed by atoms with Crippen molar-refractivity contribution < 1.29 is 80.2 Å². The molecule has 5 atom stereocenters. The SMILES string of the molecule is CCCCCCCCCCCCCCCCCCCCCC(=O)O[C@H](COC(=O)CCCCCCCCCCCCCCCCCC(C)C)COP(=O)(O)OC[C@@H](O)COP(=O)(O)OC[C@@H](COC(=O)CCCCCCCCCCCC)OC(=O)CCCCCCCCCCCCCCCCCCCC. The third kappa shape index (κ3) is 79.9. The summed E-state index contributed by atoms with van der Waals surface area (Å²) in [6.07, 6.45) is 72.2. The zero-order chi connectivity index (χ0) is 76.9. The minimum Gasteiger partial charge on any atom is -0.462 e. The number of esters is 4. The summed E-state index contributed by atoms with van der Waals surface area (Å²) in [4.78, 5) is 73.2. The van der Waals surface area contributed by atoms with Gasteiger partial charge in [-0.05, 0) is 31.6 Å². The Bertz CT molecular complexity index is 2000. The number of hydrogen-bond donors (Lipinski definition) is 3. The van der Waals surface area contributed by atoms with E-state index >= 15 is 0 Å². The highest BCUT2D eigenvalue weighted by Gasteiger charge is 2.30. The monoisotopic (exact) mass is 1540 g/mol. The zero-order valence-corrected chi connectivity index (χ0v) is 70.7. The Hall–Kier alpha value is -1.94. The molecule has 0 rings (SSSR count). The van der Waals surface area contributed by atoms with E-state index < -0.39 is 97.5 Å². The first kappa shape index (κ1) is 103. The van der Waals surface area contributed by atoms with Crippen LogP contribution >= 0.6 is 15.6 Å². The van der Waals surface area contributed by atoms with Crippen LogP contribution in [0.3, 0.4) is 0 Å². The molecular formula is C86H168O17P2. The van der Waals surface area contributed by atoms with Gasteiger partial charge < -0.3 is 33.8 Å². The first-order valence-corrected chi connectivity index (χ1v) is 47.6. The van der Waals surface area contributed by atoms with Crippen molar-refractivity contribution in [2.45, 2.75) is 483 Å². The van der Waals surface area contributed by atoms with Gasteiger partial charge in [-0.3, -0.25) is 37.3 Å². The van der Waals surface area contributed by atoms with E-state index in [0.29, 0.717) is 25.7 Å². The number of ether oxygens (including phenoxy) is 4. The molecule has 0 aliphatic carbocycles. The quantitative estimate of drug-likeness (QED) is 0.0222. The van der Waals surface area contributed by atoms with Crippen molar-refractivity contribution in [1.82, 2.24) is 0 Å². The summed E-state index contributed by atoms with van der Waals surface area (Å²) in [6, 6.07) is 0. The van der Waals surface area contributed by atoms with E-state index in [9.17, 15) is 43.2 Å². The van der Waals surface area contributed by atoms with E-state index in [1.54, 1.807) is 0 Å². The number of unbranched alkanes of at least 4 members (excludes halogenated alkanes) is 58. The number of aliphatic hydroxyl groups is 1. The Morgan fingerprint density at radius 1 is 0.257 bits per heavy atom. The Morgan fingerprint density at radius 2 is 0.438 bits per heavy atom. The summed E-state index contributed by atoms with van der Waals surface area (Å²) < 4.78 is 68.9. The van der Waals surface area contributed by atoms with Gasteiger partial charge in [-0.1, -0.05) is 413 Å². The molecule has 19 heteroatoms. The van der Waals surface area contributed by atoms with Crippen molar-refractivity contribution in [1.29, 1.82) is 0 Å². The van der Waals surface area contributed by atoms with Crippen molar-refractivity contribution in [3.8, 4) is 0 Å². The van der Waals surface area contributed by atoms with Crippen LogP contribution in [0.1, 0.15) is 465 Å². The molecule has 0 aliphatic rings. The predicted molar refractivity (Wildman–Crippen MR) is 432 cm³/mol. The van der Waals surface area contributed by atoms with Crippen LogP contribution in [0, 0.1) is 5.92 Å². The lowest BCUT2D eigenvalue weighted by atomic mass is 10.0. The summed E-state index contributed by atoms with van der Waals surface area (Å²) in [5, 5.41) is 10.7. The fraction of sp³-hybridized carbons (Fsp3) is 0.953. The van der Waals surface area contributed by atoms with Gasteiger partial charge in [0.15, 0.2) is 12.2 Å². The molecule has 0 aliphatic heterocycles. The average molecular weight is 1540 g/mol. The number of carbonyl (C=O) groups is 4. The molecule has 0 heterocycles. The topological polar surface area (TPSA) is 237 Å². The van der Waals surface area contributed by atoms with Crippen molar-refractivity contribution in [2.24, 2.45) is 5.92 Å². The molecule has 0 spiro atoms.